The minimum atomic E-state index is -3.52. The van der Waals surface area contributed by atoms with E-state index in [9.17, 15) is 8.42 Å². The summed E-state index contributed by atoms with van der Waals surface area (Å²) in [6.45, 7) is 0.134. The van der Waals surface area contributed by atoms with E-state index in [4.69, 9.17) is 4.18 Å². The topological polar surface area (TPSA) is 52.6 Å². The lowest BCUT2D eigenvalue weighted by Crippen LogP contribution is -2.17. The molecule has 0 amide bonds. The fourth-order valence-electron chi connectivity index (χ4n) is 0.850. The molecule has 14 heavy (non-hydrogen) atoms. The quantitative estimate of drug-likeness (QED) is 0.690. The molecule has 0 aromatic heterocycles. The van der Waals surface area contributed by atoms with Crippen LogP contribution in [0.5, 0.6) is 5.75 Å². The van der Waals surface area contributed by atoms with Crippen LogP contribution in [0.25, 0.3) is 0 Å². The maximum absolute atomic E-state index is 11.3. The second kappa shape index (κ2) is 4.97. The fraction of sp³-hybridized carbons (Fsp3) is 0.333. The van der Waals surface area contributed by atoms with Gasteiger partial charge in [0.1, 0.15) is 11.5 Å². The van der Waals surface area contributed by atoms with E-state index in [0.717, 1.165) is 0 Å². The first-order valence-corrected chi connectivity index (χ1v) is 5.68. The van der Waals surface area contributed by atoms with Gasteiger partial charge in [-0.15, -0.1) is 0 Å². The Morgan fingerprint density at radius 1 is 1.21 bits per heavy atom. The fourth-order valence-corrected chi connectivity index (χ4v) is 1.71. The average Bonchev–Trinajstić information content (AvgIpc) is 2.16. The third-order valence-corrected chi connectivity index (χ3v) is 2.62. The van der Waals surface area contributed by atoms with Crippen LogP contribution in [0.2, 0.25) is 0 Å². The SMILES string of the molecule is COCCS(=O)(=O)Oc1ccccc1. The van der Waals surface area contributed by atoms with E-state index in [1.165, 1.54) is 7.11 Å². The Morgan fingerprint density at radius 3 is 2.43 bits per heavy atom. The molecule has 0 radical (unpaired) electrons. The molecule has 1 aromatic rings. The van der Waals surface area contributed by atoms with Gasteiger partial charge in [-0.3, -0.25) is 0 Å². The predicted octanol–water partition coefficient (Wildman–Crippen LogP) is 1.04. The Balaban J connectivity index is 2.60. The molecule has 0 unspecified atom stereocenters. The van der Waals surface area contributed by atoms with Gasteiger partial charge in [-0.1, -0.05) is 18.2 Å². The van der Waals surface area contributed by atoms with E-state index in [-0.39, 0.29) is 12.4 Å². The number of para-hydroxylation sites is 1. The van der Waals surface area contributed by atoms with E-state index in [1.54, 1.807) is 30.3 Å². The Labute approximate surface area is 83.6 Å². The lowest BCUT2D eigenvalue weighted by atomic mass is 10.3. The standard InChI is InChI=1S/C9H12O4S/c1-12-7-8-14(10,11)13-9-5-3-2-4-6-9/h2-6H,7-8H2,1H3. The summed E-state index contributed by atoms with van der Waals surface area (Å²) < 4.78 is 32.0. The van der Waals surface area contributed by atoms with Crippen molar-refractivity contribution in [2.75, 3.05) is 19.5 Å². The monoisotopic (exact) mass is 216 g/mol. The normalized spacial score (nSPS) is 11.2. The molecule has 0 bridgehead atoms. The summed E-state index contributed by atoms with van der Waals surface area (Å²) in [5.74, 6) is 0.182. The third kappa shape index (κ3) is 3.76. The molecule has 0 fully saturated rings. The van der Waals surface area contributed by atoms with Crippen molar-refractivity contribution in [1.29, 1.82) is 0 Å². The van der Waals surface area contributed by atoms with Crippen LogP contribution in [0.1, 0.15) is 0 Å². The van der Waals surface area contributed by atoms with E-state index >= 15 is 0 Å². The molecular formula is C9H12O4S. The van der Waals surface area contributed by atoms with Crippen LogP contribution in [0.15, 0.2) is 30.3 Å². The van der Waals surface area contributed by atoms with Crippen molar-refractivity contribution in [3.05, 3.63) is 30.3 Å². The van der Waals surface area contributed by atoms with Crippen LogP contribution in [0.3, 0.4) is 0 Å². The maximum Gasteiger partial charge on any atom is 0.311 e. The molecule has 0 aliphatic heterocycles. The van der Waals surface area contributed by atoms with E-state index in [0.29, 0.717) is 5.75 Å². The summed E-state index contributed by atoms with van der Waals surface area (Å²) in [5, 5.41) is 0. The second-order valence-corrected chi connectivity index (χ2v) is 4.34. The van der Waals surface area contributed by atoms with Crippen LogP contribution in [-0.2, 0) is 14.9 Å². The first kappa shape index (κ1) is 11.0. The van der Waals surface area contributed by atoms with Crippen molar-refractivity contribution in [2.45, 2.75) is 0 Å². The highest BCUT2D eigenvalue weighted by Crippen LogP contribution is 2.11. The Bertz CT molecular complexity index is 358. The Hall–Kier alpha value is -1.07. The lowest BCUT2D eigenvalue weighted by molar-refractivity contribution is 0.215. The highest BCUT2D eigenvalue weighted by Gasteiger charge is 2.11. The van der Waals surface area contributed by atoms with Crippen LogP contribution >= 0.6 is 0 Å². The summed E-state index contributed by atoms with van der Waals surface area (Å²) in [4.78, 5) is 0. The largest absolute Gasteiger partial charge is 0.383 e. The second-order valence-electron chi connectivity index (χ2n) is 2.65. The molecule has 0 heterocycles. The van der Waals surface area contributed by atoms with E-state index in [2.05, 4.69) is 4.74 Å². The van der Waals surface area contributed by atoms with Gasteiger partial charge in [-0.25, -0.2) is 0 Å². The lowest BCUT2D eigenvalue weighted by Gasteiger charge is -2.05. The van der Waals surface area contributed by atoms with Gasteiger partial charge in [0, 0.05) is 7.11 Å². The summed E-state index contributed by atoms with van der Waals surface area (Å²) in [6.07, 6.45) is 0. The molecular weight excluding hydrogens is 204 g/mol. The van der Waals surface area contributed by atoms with E-state index in [1.807, 2.05) is 0 Å². The van der Waals surface area contributed by atoms with Gasteiger partial charge >= 0.3 is 10.1 Å². The Morgan fingerprint density at radius 2 is 1.86 bits per heavy atom. The van der Waals surface area contributed by atoms with Crippen molar-refractivity contribution in [3.63, 3.8) is 0 Å². The first-order valence-electron chi connectivity index (χ1n) is 4.10. The smallest absolute Gasteiger partial charge is 0.311 e. The predicted molar refractivity (Wildman–Crippen MR) is 52.7 cm³/mol. The minimum Gasteiger partial charge on any atom is -0.383 e. The zero-order valence-corrected chi connectivity index (χ0v) is 8.66. The van der Waals surface area contributed by atoms with Crippen LogP contribution < -0.4 is 4.18 Å². The zero-order chi connectivity index (χ0) is 10.4. The highest BCUT2D eigenvalue weighted by atomic mass is 32.2. The molecule has 1 rings (SSSR count). The molecule has 1 aromatic carbocycles. The molecule has 0 saturated heterocycles. The van der Waals surface area contributed by atoms with Crippen molar-refractivity contribution < 1.29 is 17.3 Å². The molecule has 0 aliphatic rings. The number of hydrogen-bond donors (Lipinski definition) is 0. The molecule has 4 nitrogen and oxygen atoms in total. The van der Waals surface area contributed by atoms with Crippen molar-refractivity contribution in [1.82, 2.24) is 0 Å². The van der Waals surface area contributed by atoms with Gasteiger partial charge in [0.25, 0.3) is 0 Å². The van der Waals surface area contributed by atoms with Crippen LogP contribution in [0, 0.1) is 0 Å². The zero-order valence-electron chi connectivity index (χ0n) is 7.84. The number of benzene rings is 1. The molecule has 5 heteroatoms. The first-order chi connectivity index (χ1) is 6.64. The molecule has 0 spiro atoms. The van der Waals surface area contributed by atoms with Gasteiger partial charge in [0.15, 0.2) is 0 Å². The van der Waals surface area contributed by atoms with Crippen LogP contribution in [-0.4, -0.2) is 27.9 Å². The molecule has 0 atom stereocenters. The van der Waals surface area contributed by atoms with E-state index < -0.39 is 10.1 Å². The average molecular weight is 216 g/mol. The highest BCUT2D eigenvalue weighted by molar-refractivity contribution is 7.87. The van der Waals surface area contributed by atoms with Gasteiger partial charge in [-0.05, 0) is 12.1 Å². The van der Waals surface area contributed by atoms with Gasteiger partial charge in [-0.2, -0.15) is 8.42 Å². The number of methoxy groups -OCH3 is 1. The van der Waals surface area contributed by atoms with Gasteiger partial charge in [0.2, 0.25) is 0 Å². The molecule has 78 valence electrons. The minimum absolute atomic E-state index is 0.134. The molecule has 0 N–H and O–H groups in total. The van der Waals surface area contributed by atoms with Crippen LogP contribution in [0.4, 0.5) is 0 Å². The Kier molecular flexibility index (Phi) is 3.91. The third-order valence-electron chi connectivity index (χ3n) is 1.50. The number of rotatable bonds is 5. The summed E-state index contributed by atoms with van der Waals surface area (Å²) in [6, 6.07) is 8.38. The number of ether oxygens (including phenoxy) is 1. The number of hydrogen-bond acceptors (Lipinski definition) is 4. The summed E-state index contributed by atoms with van der Waals surface area (Å²) in [7, 11) is -2.08. The van der Waals surface area contributed by atoms with Gasteiger partial charge in [0.05, 0.1) is 6.61 Å². The van der Waals surface area contributed by atoms with Crippen molar-refractivity contribution in [3.8, 4) is 5.75 Å². The summed E-state index contributed by atoms with van der Waals surface area (Å²) >= 11 is 0. The molecule has 0 saturated carbocycles. The maximum atomic E-state index is 11.3. The molecule has 0 aliphatic carbocycles. The van der Waals surface area contributed by atoms with Gasteiger partial charge < -0.3 is 8.92 Å². The van der Waals surface area contributed by atoms with Crippen molar-refractivity contribution >= 4 is 10.1 Å². The summed E-state index contributed by atoms with van der Waals surface area (Å²) in [5.41, 5.74) is 0. The van der Waals surface area contributed by atoms with Crippen molar-refractivity contribution in [2.24, 2.45) is 0 Å².